The number of halogens is 11. The Morgan fingerprint density at radius 3 is 1.77 bits per heavy atom. The number of carboxylic acids is 3. The van der Waals surface area contributed by atoms with Crippen molar-refractivity contribution in [2.24, 2.45) is 5.73 Å². The lowest BCUT2D eigenvalue weighted by atomic mass is 10.0. The van der Waals surface area contributed by atoms with E-state index in [1.807, 2.05) is 31.2 Å². The highest BCUT2D eigenvalue weighted by atomic mass is 35.5. The molecule has 2 heterocycles. The van der Waals surface area contributed by atoms with E-state index in [0.29, 0.717) is 29.9 Å². The lowest BCUT2D eigenvalue weighted by Crippen LogP contribution is -2.59. The van der Waals surface area contributed by atoms with Crippen LogP contribution in [0.5, 0.6) is 5.75 Å². The summed E-state index contributed by atoms with van der Waals surface area (Å²) in [7, 11) is -4.20. The second-order valence-corrected chi connectivity index (χ2v) is 16.3. The molecule has 0 unspecified atom stereocenters. The van der Waals surface area contributed by atoms with E-state index in [-0.39, 0.29) is 27.5 Å². The van der Waals surface area contributed by atoms with Crippen LogP contribution in [0.25, 0.3) is 10.9 Å². The first-order chi connectivity index (χ1) is 29.3. The molecule has 360 valence electrons. The van der Waals surface area contributed by atoms with Crippen molar-refractivity contribution < 1.29 is 87.2 Å². The van der Waals surface area contributed by atoms with Gasteiger partial charge in [-0.05, 0) is 71.0 Å². The number of ether oxygens (including phenoxy) is 1. The van der Waals surface area contributed by atoms with Crippen molar-refractivity contribution in [1.82, 2.24) is 19.5 Å². The Balaban J connectivity index is 0.000000802. The highest BCUT2D eigenvalue weighted by molar-refractivity contribution is 7.89. The van der Waals surface area contributed by atoms with Gasteiger partial charge in [-0.25, -0.2) is 27.8 Å². The van der Waals surface area contributed by atoms with Gasteiger partial charge in [0.2, 0.25) is 15.9 Å². The number of pyridine rings is 1. The molecule has 4 rings (SSSR count). The second-order valence-electron chi connectivity index (χ2n) is 13.9. The maximum atomic E-state index is 13.6. The van der Waals surface area contributed by atoms with Gasteiger partial charge in [0.25, 0.3) is 0 Å². The van der Waals surface area contributed by atoms with Crippen LogP contribution in [-0.2, 0) is 35.8 Å². The molecule has 27 heteroatoms. The molecule has 1 saturated heterocycles. The number of fused-ring (bicyclic) bond motifs is 1. The lowest BCUT2D eigenvalue weighted by Gasteiger charge is -2.38. The van der Waals surface area contributed by atoms with E-state index in [2.05, 4.69) is 14.6 Å². The molecular formula is C37H44Cl2F9N5O10S. The maximum Gasteiger partial charge on any atom is 0.490 e. The second kappa shape index (κ2) is 24.6. The molecule has 0 atom stereocenters. The van der Waals surface area contributed by atoms with Gasteiger partial charge in [0.1, 0.15) is 28.3 Å². The summed E-state index contributed by atoms with van der Waals surface area (Å²) in [6.45, 7) is 9.26. The fourth-order valence-corrected chi connectivity index (χ4v) is 7.50. The quantitative estimate of drug-likeness (QED) is 0.0855. The van der Waals surface area contributed by atoms with Gasteiger partial charge in [0.05, 0.1) is 5.02 Å². The van der Waals surface area contributed by atoms with Gasteiger partial charge in [-0.3, -0.25) is 9.69 Å². The number of carbonyl (C=O) groups excluding carboxylic acids is 1. The van der Waals surface area contributed by atoms with Gasteiger partial charge in [0, 0.05) is 47.8 Å². The number of sulfonamides is 1. The third-order valence-corrected chi connectivity index (χ3v) is 11.0. The smallest absolute Gasteiger partial charge is 0.487 e. The number of unbranched alkanes of at least 4 members (excludes halogenated alkanes) is 3. The van der Waals surface area contributed by atoms with Crippen LogP contribution in [0.15, 0.2) is 47.4 Å². The monoisotopic (exact) mass is 991 g/mol. The summed E-state index contributed by atoms with van der Waals surface area (Å²) in [4.78, 5) is 48.6. The third kappa shape index (κ3) is 19.2. The van der Waals surface area contributed by atoms with Gasteiger partial charge in [-0.15, -0.1) is 0 Å². The van der Waals surface area contributed by atoms with Crippen molar-refractivity contribution in [3.8, 4) is 5.75 Å². The highest BCUT2D eigenvalue weighted by Gasteiger charge is 2.40. The minimum Gasteiger partial charge on any atom is -0.487 e. The molecule has 64 heavy (non-hydrogen) atoms. The number of carbonyl (C=O) groups is 4. The van der Waals surface area contributed by atoms with E-state index in [1.54, 1.807) is 24.8 Å². The first kappa shape index (κ1) is 57.3. The standard InChI is InChI=1S/C31H41Cl2N5O4S.3C2HF3O2/c1-22-11-12-23-9-8-10-26(29(23)35-22)42-21-24-25(32)13-14-27(28(24)33)43(40,41)36-31(2,3)30(39)38-19-17-37(18-20-38)16-7-5-4-6-15-34;3*3-2(4,5)1(6)7/h8-14,36H,4-7,15-21,34H2,1-3H3;3*(H,6,7). The SMILES string of the molecule is Cc1ccc2cccc(OCc3c(Cl)ccc(S(=O)(=O)NC(C)(C)C(=O)N4CCN(CCCCCCN)CC4)c3Cl)c2n1.O=C(O)C(F)(F)F.O=C(O)C(F)(F)F.O=C(O)C(F)(F)F. The molecule has 1 fully saturated rings. The molecule has 1 aromatic heterocycles. The fourth-order valence-electron chi connectivity index (χ4n) is 5.24. The summed E-state index contributed by atoms with van der Waals surface area (Å²) in [5, 5.41) is 22.5. The number of carboxylic acid groups (broad SMARTS) is 3. The molecule has 3 aromatic rings. The first-order valence-corrected chi connectivity index (χ1v) is 20.6. The fraction of sp³-hybridized carbons (Fsp3) is 0.486. The number of amides is 1. The summed E-state index contributed by atoms with van der Waals surface area (Å²) >= 11 is 13.1. The van der Waals surface area contributed by atoms with Gasteiger partial charge >= 0.3 is 36.4 Å². The predicted octanol–water partition coefficient (Wildman–Crippen LogP) is 7.05. The average molecular weight is 993 g/mol. The molecule has 6 N–H and O–H groups in total. The predicted molar refractivity (Wildman–Crippen MR) is 213 cm³/mol. The molecule has 0 saturated carbocycles. The van der Waals surface area contributed by atoms with Crippen molar-refractivity contribution in [2.45, 2.75) is 82.0 Å². The number of hydrogen-bond donors (Lipinski definition) is 5. The molecule has 1 aliphatic rings. The largest absolute Gasteiger partial charge is 0.490 e. The van der Waals surface area contributed by atoms with E-state index < -0.39 is 52.0 Å². The first-order valence-electron chi connectivity index (χ1n) is 18.4. The lowest BCUT2D eigenvalue weighted by molar-refractivity contribution is -0.193. The molecule has 0 radical (unpaired) electrons. The average Bonchev–Trinajstić information content (AvgIpc) is 3.17. The van der Waals surface area contributed by atoms with Crippen LogP contribution in [0.4, 0.5) is 39.5 Å². The minimum absolute atomic E-state index is 0.0623. The van der Waals surface area contributed by atoms with Gasteiger partial charge in [-0.2, -0.15) is 44.2 Å². The summed E-state index contributed by atoms with van der Waals surface area (Å²) in [5.41, 5.74) is 6.01. The van der Waals surface area contributed by atoms with Crippen molar-refractivity contribution in [1.29, 1.82) is 0 Å². The van der Waals surface area contributed by atoms with Crippen molar-refractivity contribution in [2.75, 3.05) is 39.3 Å². The zero-order valence-electron chi connectivity index (χ0n) is 34.0. The Morgan fingerprint density at radius 1 is 0.781 bits per heavy atom. The Hall–Kier alpha value is -4.69. The number of aliphatic carboxylic acids is 3. The normalized spacial score (nSPS) is 13.6. The number of nitrogens with zero attached hydrogens (tertiary/aromatic N) is 3. The van der Waals surface area contributed by atoms with E-state index in [4.69, 9.17) is 63.4 Å². The summed E-state index contributed by atoms with van der Waals surface area (Å²) in [6.07, 6.45) is -10.8. The minimum atomic E-state index is -5.08. The Labute approximate surface area is 370 Å². The van der Waals surface area contributed by atoms with E-state index in [1.165, 1.54) is 12.1 Å². The Morgan fingerprint density at radius 2 is 1.28 bits per heavy atom. The van der Waals surface area contributed by atoms with Crippen LogP contribution in [0.3, 0.4) is 0 Å². The van der Waals surface area contributed by atoms with Crippen LogP contribution in [0.1, 0.15) is 50.8 Å². The molecule has 15 nitrogen and oxygen atoms in total. The molecule has 0 aliphatic carbocycles. The number of piperazine rings is 1. The number of nitrogens with one attached hydrogen (secondary N) is 1. The third-order valence-electron chi connectivity index (χ3n) is 8.37. The number of aryl methyl sites for hydroxylation is 1. The maximum absolute atomic E-state index is 13.6. The van der Waals surface area contributed by atoms with Crippen LogP contribution >= 0.6 is 23.2 Å². The molecule has 1 amide bonds. The molecule has 2 aromatic carbocycles. The highest BCUT2D eigenvalue weighted by Crippen LogP contribution is 2.34. The van der Waals surface area contributed by atoms with Gasteiger partial charge < -0.3 is 30.7 Å². The summed E-state index contributed by atoms with van der Waals surface area (Å²) in [6, 6.07) is 12.3. The van der Waals surface area contributed by atoms with Gasteiger partial charge in [0.15, 0.2) is 0 Å². The number of benzene rings is 2. The number of alkyl halides is 9. The van der Waals surface area contributed by atoms with E-state index >= 15 is 0 Å². The molecular weight excluding hydrogens is 948 g/mol. The molecule has 1 aliphatic heterocycles. The number of rotatable bonds is 13. The van der Waals surface area contributed by atoms with E-state index in [9.17, 15) is 52.7 Å². The van der Waals surface area contributed by atoms with Crippen molar-refractivity contribution >= 4 is 67.9 Å². The number of hydrogen-bond acceptors (Lipinski definition) is 10. The van der Waals surface area contributed by atoms with Crippen LogP contribution in [0.2, 0.25) is 10.0 Å². The zero-order valence-corrected chi connectivity index (χ0v) is 36.3. The van der Waals surface area contributed by atoms with Crippen LogP contribution in [-0.4, -0.2) is 126 Å². The topological polar surface area (TPSA) is 230 Å². The zero-order chi connectivity index (χ0) is 49.4. The molecule has 0 spiro atoms. The summed E-state index contributed by atoms with van der Waals surface area (Å²) < 4.78 is 131. The van der Waals surface area contributed by atoms with Crippen LogP contribution in [0, 0.1) is 6.92 Å². The summed E-state index contributed by atoms with van der Waals surface area (Å²) in [5.74, 6) is -8.03. The van der Waals surface area contributed by atoms with Crippen LogP contribution < -0.4 is 15.2 Å². The molecule has 0 bridgehead atoms. The number of nitrogens with two attached hydrogens (primary N) is 1. The number of para-hydroxylation sites is 1. The van der Waals surface area contributed by atoms with Crippen molar-refractivity contribution in [3.05, 3.63) is 63.8 Å². The Kier molecular flexibility index (Phi) is 22.0. The number of aromatic nitrogens is 1. The van der Waals surface area contributed by atoms with Gasteiger partial charge in [-0.1, -0.05) is 54.2 Å². The Bertz CT molecular complexity index is 2110. The van der Waals surface area contributed by atoms with E-state index in [0.717, 1.165) is 62.9 Å². The van der Waals surface area contributed by atoms with Crippen molar-refractivity contribution in [3.63, 3.8) is 0 Å².